The van der Waals surface area contributed by atoms with Crippen LogP contribution in [0.2, 0.25) is 0 Å². The fourth-order valence-electron chi connectivity index (χ4n) is 2.82. The highest BCUT2D eigenvalue weighted by molar-refractivity contribution is 5.85. The van der Waals surface area contributed by atoms with Gasteiger partial charge in [0.15, 0.2) is 0 Å². The third-order valence-corrected chi connectivity index (χ3v) is 4.23. The van der Waals surface area contributed by atoms with Gasteiger partial charge < -0.3 is 16.0 Å². The van der Waals surface area contributed by atoms with Crippen LogP contribution >= 0.6 is 0 Å². The van der Waals surface area contributed by atoms with Crippen LogP contribution in [0.5, 0.6) is 0 Å². The van der Waals surface area contributed by atoms with E-state index >= 15 is 0 Å². The molecule has 0 amide bonds. The fraction of sp³-hybridized carbons (Fsp3) is 0.278. The maximum atomic E-state index is 5.88. The zero-order valence-corrected chi connectivity index (χ0v) is 13.6. The van der Waals surface area contributed by atoms with Gasteiger partial charge in [-0.05, 0) is 29.9 Å². The lowest BCUT2D eigenvalue weighted by molar-refractivity contribution is 0.898. The summed E-state index contributed by atoms with van der Waals surface area (Å²) in [5.41, 5.74) is 7.11. The van der Waals surface area contributed by atoms with Gasteiger partial charge in [-0.15, -0.1) is 0 Å². The monoisotopic (exact) mass is 320 g/mol. The molecule has 0 radical (unpaired) electrons. The summed E-state index contributed by atoms with van der Waals surface area (Å²) in [6, 6.07) is 10.8. The van der Waals surface area contributed by atoms with Gasteiger partial charge in [-0.25, -0.2) is 0 Å². The van der Waals surface area contributed by atoms with Gasteiger partial charge in [-0.3, -0.25) is 4.98 Å². The van der Waals surface area contributed by atoms with Crippen molar-refractivity contribution in [1.82, 2.24) is 15.0 Å². The molecule has 1 fully saturated rings. The molecule has 1 aliphatic carbocycles. The van der Waals surface area contributed by atoms with Gasteiger partial charge in [0.2, 0.25) is 5.95 Å². The zero-order chi connectivity index (χ0) is 16.5. The summed E-state index contributed by atoms with van der Waals surface area (Å²) in [7, 11) is 2.02. The van der Waals surface area contributed by atoms with Crippen molar-refractivity contribution in [2.75, 3.05) is 23.0 Å². The number of benzene rings is 1. The molecule has 3 aromatic rings. The van der Waals surface area contributed by atoms with E-state index in [1.54, 1.807) is 0 Å². The summed E-state index contributed by atoms with van der Waals surface area (Å²) in [4.78, 5) is 14.9. The quantitative estimate of drug-likeness (QED) is 0.752. The Kier molecular flexibility index (Phi) is 3.65. The molecular formula is C18H20N6. The number of hydrogen-bond acceptors (Lipinski definition) is 6. The highest BCUT2D eigenvalue weighted by Crippen LogP contribution is 2.26. The van der Waals surface area contributed by atoms with E-state index in [4.69, 9.17) is 5.73 Å². The number of nitrogens with two attached hydrogens (primary N) is 1. The summed E-state index contributed by atoms with van der Waals surface area (Å²) < 4.78 is 0. The SMILES string of the molecule is CN(Cc1cccc2cnccc12)c1cc(NC2CC2)nc(N)n1. The highest BCUT2D eigenvalue weighted by Gasteiger charge is 2.22. The molecule has 122 valence electrons. The van der Waals surface area contributed by atoms with Crippen molar-refractivity contribution in [2.24, 2.45) is 0 Å². The summed E-state index contributed by atoms with van der Waals surface area (Å²) in [5, 5.41) is 5.73. The molecule has 6 heteroatoms. The number of nitrogen functional groups attached to an aromatic ring is 1. The first-order chi connectivity index (χ1) is 11.7. The summed E-state index contributed by atoms with van der Waals surface area (Å²) >= 11 is 0. The molecule has 0 aliphatic heterocycles. The van der Waals surface area contributed by atoms with Crippen molar-refractivity contribution in [3.05, 3.63) is 48.3 Å². The van der Waals surface area contributed by atoms with Crippen molar-refractivity contribution in [3.8, 4) is 0 Å². The van der Waals surface area contributed by atoms with E-state index in [2.05, 4.69) is 43.4 Å². The van der Waals surface area contributed by atoms with Crippen LogP contribution in [0.3, 0.4) is 0 Å². The predicted octanol–water partition coefficient (Wildman–Crippen LogP) is 2.82. The van der Waals surface area contributed by atoms with Gasteiger partial charge in [-0.2, -0.15) is 9.97 Å². The molecule has 0 bridgehead atoms. The average Bonchev–Trinajstić information content (AvgIpc) is 3.38. The van der Waals surface area contributed by atoms with Gasteiger partial charge in [0, 0.05) is 43.5 Å². The maximum absolute atomic E-state index is 5.88. The number of nitrogens with zero attached hydrogens (tertiary/aromatic N) is 4. The Morgan fingerprint density at radius 2 is 2.12 bits per heavy atom. The van der Waals surface area contributed by atoms with Crippen LogP contribution in [0, 0.1) is 0 Å². The van der Waals surface area contributed by atoms with E-state index in [-0.39, 0.29) is 0 Å². The minimum Gasteiger partial charge on any atom is -0.368 e. The lowest BCUT2D eigenvalue weighted by Crippen LogP contribution is -2.19. The predicted molar refractivity (Wildman–Crippen MR) is 96.9 cm³/mol. The van der Waals surface area contributed by atoms with E-state index in [1.807, 2.05) is 31.6 Å². The van der Waals surface area contributed by atoms with Crippen LogP contribution in [-0.2, 0) is 6.54 Å². The van der Waals surface area contributed by atoms with Gasteiger partial charge >= 0.3 is 0 Å². The maximum Gasteiger partial charge on any atom is 0.223 e. The first kappa shape index (κ1) is 14.7. The number of aromatic nitrogens is 3. The molecule has 1 aliphatic rings. The first-order valence-corrected chi connectivity index (χ1v) is 8.13. The second kappa shape index (κ2) is 5.96. The Labute approximate surface area is 140 Å². The van der Waals surface area contributed by atoms with Crippen molar-refractivity contribution >= 4 is 28.4 Å². The van der Waals surface area contributed by atoms with E-state index in [1.165, 1.54) is 23.8 Å². The van der Waals surface area contributed by atoms with Crippen LogP contribution < -0.4 is 16.0 Å². The summed E-state index contributed by atoms with van der Waals surface area (Å²) in [6.45, 7) is 0.737. The molecule has 1 saturated carbocycles. The van der Waals surface area contributed by atoms with Gasteiger partial charge in [-0.1, -0.05) is 18.2 Å². The Bertz CT molecular complexity index is 869. The lowest BCUT2D eigenvalue weighted by atomic mass is 10.1. The van der Waals surface area contributed by atoms with Crippen molar-refractivity contribution in [3.63, 3.8) is 0 Å². The van der Waals surface area contributed by atoms with E-state index in [9.17, 15) is 0 Å². The smallest absolute Gasteiger partial charge is 0.223 e. The molecule has 3 N–H and O–H groups in total. The molecule has 0 atom stereocenters. The van der Waals surface area contributed by atoms with Crippen LogP contribution in [-0.4, -0.2) is 28.0 Å². The van der Waals surface area contributed by atoms with Crippen molar-refractivity contribution in [1.29, 1.82) is 0 Å². The van der Waals surface area contributed by atoms with Crippen LogP contribution in [0.4, 0.5) is 17.6 Å². The number of nitrogens with one attached hydrogen (secondary N) is 1. The Balaban J connectivity index is 1.61. The van der Waals surface area contributed by atoms with Crippen molar-refractivity contribution in [2.45, 2.75) is 25.4 Å². The molecule has 2 heterocycles. The Morgan fingerprint density at radius 3 is 2.96 bits per heavy atom. The van der Waals surface area contributed by atoms with Gasteiger partial charge in [0.1, 0.15) is 11.6 Å². The Hall–Kier alpha value is -2.89. The normalized spacial score (nSPS) is 13.9. The van der Waals surface area contributed by atoms with Crippen LogP contribution in [0.1, 0.15) is 18.4 Å². The van der Waals surface area contributed by atoms with Gasteiger partial charge in [0.25, 0.3) is 0 Å². The minimum absolute atomic E-state index is 0.296. The molecule has 0 saturated heterocycles. The average molecular weight is 320 g/mol. The van der Waals surface area contributed by atoms with Crippen LogP contribution in [0.15, 0.2) is 42.7 Å². The third-order valence-electron chi connectivity index (χ3n) is 4.23. The number of rotatable bonds is 5. The number of pyridine rings is 1. The minimum atomic E-state index is 0.296. The highest BCUT2D eigenvalue weighted by atomic mass is 15.2. The van der Waals surface area contributed by atoms with Crippen LogP contribution in [0.25, 0.3) is 10.8 Å². The van der Waals surface area contributed by atoms with Crippen molar-refractivity contribution < 1.29 is 0 Å². The standard InChI is InChI=1S/C18H20N6/c1-24(11-13-4-2-3-12-10-20-8-7-15(12)13)17-9-16(21-14-5-6-14)22-18(19)23-17/h2-4,7-10,14H,5-6,11H2,1H3,(H3,19,21,22,23). The zero-order valence-electron chi connectivity index (χ0n) is 13.6. The second-order valence-electron chi connectivity index (χ2n) is 6.26. The molecule has 4 rings (SSSR count). The van der Waals surface area contributed by atoms with E-state index in [0.29, 0.717) is 12.0 Å². The Morgan fingerprint density at radius 1 is 1.25 bits per heavy atom. The second-order valence-corrected chi connectivity index (χ2v) is 6.26. The molecule has 0 spiro atoms. The number of anilines is 3. The molecule has 24 heavy (non-hydrogen) atoms. The molecule has 1 aromatic carbocycles. The summed E-state index contributed by atoms with van der Waals surface area (Å²) in [5.74, 6) is 1.91. The van der Waals surface area contributed by atoms with Gasteiger partial charge in [0.05, 0.1) is 0 Å². The first-order valence-electron chi connectivity index (χ1n) is 8.13. The fourth-order valence-corrected chi connectivity index (χ4v) is 2.82. The molecule has 6 nitrogen and oxygen atoms in total. The largest absolute Gasteiger partial charge is 0.368 e. The topological polar surface area (TPSA) is 80.0 Å². The molecular weight excluding hydrogens is 300 g/mol. The number of hydrogen-bond donors (Lipinski definition) is 2. The van der Waals surface area contributed by atoms with E-state index < -0.39 is 0 Å². The summed E-state index contributed by atoms with van der Waals surface area (Å²) in [6.07, 6.45) is 6.10. The van der Waals surface area contributed by atoms with E-state index in [0.717, 1.165) is 23.6 Å². The molecule has 2 aromatic heterocycles. The third kappa shape index (κ3) is 3.08. The lowest BCUT2D eigenvalue weighted by Gasteiger charge is -2.20. The molecule has 0 unspecified atom stereocenters. The number of fused-ring (bicyclic) bond motifs is 1.